The number of rotatable bonds is 12. The minimum atomic E-state index is -1.24. The third kappa shape index (κ3) is 9.37. The number of para-hydroxylation sites is 3. The lowest BCUT2D eigenvalue weighted by molar-refractivity contribution is 0.271. The van der Waals surface area contributed by atoms with E-state index in [9.17, 15) is 11.8 Å². The first-order valence-electron chi connectivity index (χ1n) is 26.9. The Hall–Kier alpha value is -8.85. The predicted octanol–water partition coefficient (Wildman–Crippen LogP) is 13.6. The molecule has 4 aromatic heterocycles. The lowest BCUT2D eigenvalue weighted by Gasteiger charge is -2.19. The molecule has 2 aliphatic heterocycles. The summed E-state index contributed by atoms with van der Waals surface area (Å²) in [6.45, 7) is 31.6. The monoisotopic (exact) mass is 1080 g/mol. The molecule has 13 nitrogen and oxygen atoms in total. The van der Waals surface area contributed by atoms with Gasteiger partial charge in [-0.05, 0) is 107 Å². The number of hydrogen-bond donors (Lipinski definition) is 0. The Morgan fingerprint density at radius 3 is 1.65 bits per heavy atom. The SMILES string of the molecule is [C-]#[N+]/C(c1nc2ccccc2o1)=c1\c2c(-c3cccc(OCC(C)C)c3)n(B3Oc4ccc(C(C)(C)C)cc4O3)/c(=C(/C#N)c3nc4ccccc4s3)c2c(-c2cccc(OCC(C)C)c2)n1B1Oc2ccc(C(C)(C)C)cc2O1. The van der Waals surface area contributed by atoms with Crippen molar-refractivity contribution in [2.45, 2.75) is 80.1 Å². The molecule has 398 valence electrons. The fourth-order valence-electron chi connectivity index (χ4n) is 10.2. The Morgan fingerprint density at radius 1 is 0.625 bits per heavy atom. The van der Waals surface area contributed by atoms with Crippen molar-refractivity contribution in [1.82, 2.24) is 18.9 Å². The van der Waals surface area contributed by atoms with E-state index in [0.29, 0.717) is 108 Å². The quantitative estimate of drug-likeness (QED) is 0.0860. The second-order valence-corrected chi connectivity index (χ2v) is 24.2. The minimum Gasteiger partial charge on any atom is -0.503 e. The van der Waals surface area contributed by atoms with Crippen molar-refractivity contribution in [2.75, 3.05) is 13.2 Å². The summed E-state index contributed by atoms with van der Waals surface area (Å²) >= 11 is 1.41. The lowest BCUT2D eigenvalue weighted by Crippen LogP contribution is -2.44. The molecular formula is C64H58B2N6O7S. The van der Waals surface area contributed by atoms with Gasteiger partial charge in [-0.25, -0.2) is 14.8 Å². The highest BCUT2D eigenvalue weighted by Crippen LogP contribution is 2.44. The lowest BCUT2D eigenvalue weighted by atomic mass is 9.87. The maximum absolute atomic E-state index is 12.1. The van der Waals surface area contributed by atoms with Gasteiger partial charge >= 0.3 is 14.5 Å². The van der Waals surface area contributed by atoms with E-state index in [1.54, 1.807) is 0 Å². The average molecular weight is 1080 g/mol. The molecule has 0 radical (unpaired) electrons. The summed E-state index contributed by atoms with van der Waals surface area (Å²) in [6.07, 6.45) is 0. The van der Waals surface area contributed by atoms with Gasteiger partial charge in [-0.2, -0.15) is 5.26 Å². The van der Waals surface area contributed by atoms with Gasteiger partial charge in [-0.15, -0.1) is 11.3 Å². The molecule has 0 atom stereocenters. The molecule has 10 aromatic rings. The maximum Gasteiger partial charge on any atom is 0.743 e. The van der Waals surface area contributed by atoms with Crippen LogP contribution in [0.2, 0.25) is 0 Å². The largest absolute Gasteiger partial charge is 0.743 e. The van der Waals surface area contributed by atoms with E-state index in [0.717, 1.165) is 21.3 Å². The number of aromatic nitrogens is 4. The van der Waals surface area contributed by atoms with Crippen molar-refractivity contribution in [3.8, 4) is 63.1 Å². The predicted molar refractivity (Wildman–Crippen MR) is 317 cm³/mol. The molecule has 6 heterocycles. The van der Waals surface area contributed by atoms with Gasteiger partial charge in [0.25, 0.3) is 5.70 Å². The van der Waals surface area contributed by atoms with E-state index >= 15 is 0 Å². The van der Waals surface area contributed by atoms with Crippen LogP contribution in [0.1, 0.15) is 91.3 Å². The maximum atomic E-state index is 12.1. The number of fused-ring (bicyclic) bond motifs is 5. The highest BCUT2D eigenvalue weighted by Gasteiger charge is 2.46. The van der Waals surface area contributed by atoms with Crippen LogP contribution in [0.15, 0.2) is 138 Å². The second kappa shape index (κ2) is 20.1. The molecule has 12 rings (SSSR count). The third-order valence-corrected chi connectivity index (χ3v) is 15.2. The summed E-state index contributed by atoms with van der Waals surface area (Å²) in [5.74, 6) is 3.82. The molecule has 2 aliphatic rings. The first kappa shape index (κ1) is 51.9. The Morgan fingerprint density at radius 2 is 1.14 bits per heavy atom. The minimum absolute atomic E-state index is 0.0465. The molecule has 0 unspecified atom stereocenters. The van der Waals surface area contributed by atoms with E-state index in [4.69, 9.17) is 42.5 Å². The van der Waals surface area contributed by atoms with Crippen molar-refractivity contribution in [3.63, 3.8) is 0 Å². The highest BCUT2D eigenvalue weighted by atomic mass is 32.1. The Labute approximate surface area is 469 Å². The van der Waals surface area contributed by atoms with Gasteiger partial charge in [0.2, 0.25) is 5.89 Å². The molecule has 80 heavy (non-hydrogen) atoms. The zero-order valence-electron chi connectivity index (χ0n) is 46.4. The molecule has 16 heteroatoms. The summed E-state index contributed by atoms with van der Waals surface area (Å²) in [5.41, 5.74) is 6.09. The number of nitriles is 1. The van der Waals surface area contributed by atoms with Gasteiger partial charge in [-0.3, -0.25) is 0 Å². The van der Waals surface area contributed by atoms with Crippen molar-refractivity contribution < 1.29 is 32.5 Å². The number of oxazole rings is 1. The van der Waals surface area contributed by atoms with Gasteiger partial charge in [0, 0.05) is 21.9 Å². The number of hydrogen-bond acceptors (Lipinski definition) is 11. The van der Waals surface area contributed by atoms with Crippen molar-refractivity contribution in [1.29, 1.82) is 5.26 Å². The third-order valence-electron chi connectivity index (χ3n) is 14.2. The van der Waals surface area contributed by atoms with Gasteiger partial charge < -0.3 is 41.5 Å². The van der Waals surface area contributed by atoms with Gasteiger partial charge in [0.15, 0.2) is 5.58 Å². The van der Waals surface area contributed by atoms with E-state index in [2.05, 4.69) is 86.2 Å². The van der Waals surface area contributed by atoms with Crippen LogP contribution >= 0.6 is 11.3 Å². The molecule has 0 spiro atoms. The fraction of sp³-hybridized carbons (Fsp3) is 0.250. The summed E-state index contributed by atoms with van der Waals surface area (Å²) in [6, 6.07) is 45.6. The molecule has 0 N–H and O–H groups in total. The van der Waals surface area contributed by atoms with E-state index in [1.165, 1.54) is 11.3 Å². The number of thiazole rings is 1. The average Bonchev–Trinajstić information content (AvgIpc) is 2.35. The smallest absolute Gasteiger partial charge is 0.503 e. The summed E-state index contributed by atoms with van der Waals surface area (Å²) in [7, 11) is -2.45. The fourth-order valence-corrected chi connectivity index (χ4v) is 11.2. The van der Waals surface area contributed by atoms with E-state index in [-0.39, 0.29) is 39.8 Å². The van der Waals surface area contributed by atoms with E-state index in [1.807, 2.05) is 136 Å². The molecule has 0 amide bonds. The van der Waals surface area contributed by atoms with Crippen LogP contribution in [0.3, 0.4) is 0 Å². The van der Waals surface area contributed by atoms with Crippen LogP contribution in [0.5, 0.6) is 34.5 Å². The number of nitrogens with zero attached hydrogens (tertiary/aromatic N) is 6. The van der Waals surface area contributed by atoms with Gasteiger partial charge in [-0.1, -0.05) is 130 Å². The molecule has 0 saturated carbocycles. The van der Waals surface area contributed by atoms with Crippen LogP contribution < -0.4 is 38.8 Å². The van der Waals surface area contributed by atoms with Gasteiger partial charge in [0.1, 0.15) is 56.7 Å². The Bertz CT molecular complexity index is 3980. The Kier molecular flexibility index (Phi) is 13.0. The molecule has 0 saturated heterocycles. The first-order chi connectivity index (χ1) is 38.4. The van der Waals surface area contributed by atoms with Crippen LogP contribution in [0.4, 0.5) is 0 Å². The Balaban J connectivity index is 1.32. The molecule has 0 aliphatic carbocycles. The highest BCUT2D eigenvalue weighted by molar-refractivity contribution is 7.19. The first-order valence-corrected chi connectivity index (χ1v) is 27.8. The van der Waals surface area contributed by atoms with Crippen LogP contribution in [0, 0.1) is 29.7 Å². The molecular weight excluding hydrogens is 1020 g/mol. The van der Waals surface area contributed by atoms with Crippen LogP contribution in [-0.2, 0) is 10.8 Å². The van der Waals surface area contributed by atoms with Crippen LogP contribution in [0.25, 0.3) is 70.7 Å². The number of benzene rings is 6. The van der Waals surface area contributed by atoms with Gasteiger partial charge in [0.05, 0.1) is 52.1 Å². The zero-order chi connectivity index (χ0) is 55.8. The van der Waals surface area contributed by atoms with Crippen LogP contribution in [-0.4, -0.2) is 46.6 Å². The topological polar surface area (TPSA) is 132 Å². The second-order valence-electron chi connectivity index (χ2n) is 23.2. The summed E-state index contributed by atoms with van der Waals surface area (Å²) in [4.78, 5) is 14.6. The standard InChI is InChI=1S/C64H58B2N6O7S/c1-37(2)35-73-43-20-16-18-39(30-43)57-54-55(60(56(68-11)61-69-46-22-12-14-24-48(46)75-61)72(57)66-77-50-29-27-42(64(8,9)10)33-52(50)79-66)58(40-19-17-21-44(31-40)74-36-38(3)4)71(65-76-49-28-26-41(63(5,6)7)32-51(49)78-65)59(54)45(34-67)62-70-47-23-13-15-25-53(47)80-62/h12-33,37-38H,35-36H2,1-10H3/b59-45-,60-56+. The molecule has 0 bridgehead atoms. The summed E-state index contributed by atoms with van der Waals surface area (Å²) in [5, 5.41) is 14.3. The van der Waals surface area contributed by atoms with Crippen molar-refractivity contribution in [3.05, 3.63) is 178 Å². The normalized spacial score (nSPS) is 13.9. The van der Waals surface area contributed by atoms with Crippen molar-refractivity contribution >= 4 is 69.2 Å². The molecule has 6 aromatic carbocycles. The zero-order valence-corrected chi connectivity index (χ0v) is 47.2. The van der Waals surface area contributed by atoms with E-state index < -0.39 is 14.5 Å². The number of ether oxygens (including phenoxy) is 2. The summed E-state index contributed by atoms with van der Waals surface area (Å²) < 4.78 is 52.7. The molecule has 0 fully saturated rings. The van der Waals surface area contributed by atoms with Crippen molar-refractivity contribution in [2.24, 2.45) is 11.8 Å².